The first-order valence-electron chi connectivity index (χ1n) is 7.33. The van der Waals surface area contributed by atoms with Crippen LogP contribution in [0.5, 0.6) is 0 Å². The standard InChI is InChI=1S/C14H21N6O3P/c1-10-18-13(20-14(19-10)17-9-24(21,22)23)16-8-12-5-3-4-11(6-12)7-15-2/h3-6,15H,7-9H2,1-2H3,(H2,21,22,23)(H2,16,17,18,19,20). The summed E-state index contributed by atoms with van der Waals surface area (Å²) < 4.78 is 10.9. The van der Waals surface area contributed by atoms with Gasteiger partial charge in [-0.15, -0.1) is 0 Å². The molecule has 24 heavy (non-hydrogen) atoms. The van der Waals surface area contributed by atoms with E-state index >= 15 is 0 Å². The van der Waals surface area contributed by atoms with Gasteiger partial charge in [0.05, 0.1) is 0 Å². The number of hydrogen-bond acceptors (Lipinski definition) is 7. The molecule has 0 aliphatic heterocycles. The molecule has 0 radical (unpaired) electrons. The van der Waals surface area contributed by atoms with Gasteiger partial charge < -0.3 is 25.7 Å². The van der Waals surface area contributed by atoms with Crippen molar-refractivity contribution < 1.29 is 14.4 Å². The van der Waals surface area contributed by atoms with E-state index in [1.807, 2.05) is 25.2 Å². The number of rotatable bonds is 8. The molecule has 2 aromatic rings. The third kappa shape index (κ3) is 6.21. The largest absolute Gasteiger partial charge is 0.350 e. The third-order valence-electron chi connectivity index (χ3n) is 3.01. The molecule has 5 N–H and O–H groups in total. The van der Waals surface area contributed by atoms with Crippen molar-refractivity contribution in [3.05, 3.63) is 41.2 Å². The Balaban J connectivity index is 2.03. The fourth-order valence-corrected chi connectivity index (χ4v) is 2.40. The molecule has 0 spiro atoms. The monoisotopic (exact) mass is 352 g/mol. The van der Waals surface area contributed by atoms with Crippen molar-refractivity contribution >= 4 is 19.5 Å². The van der Waals surface area contributed by atoms with Crippen LogP contribution in [0.4, 0.5) is 11.9 Å². The first kappa shape index (κ1) is 18.3. The molecule has 2 rings (SSSR count). The van der Waals surface area contributed by atoms with Gasteiger partial charge in [0, 0.05) is 13.1 Å². The van der Waals surface area contributed by atoms with Crippen LogP contribution in [-0.2, 0) is 17.7 Å². The Kier molecular flexibility index (Phi) is 6.22. The van der Waals surface area contributed by atoms with E-state index in [-0.39, 0.29) is 5.95 Å². The Morgan fingerprint density at radius 1 is 1.04 bits per heavy atom. The first-order valence-corrected chi connectivity index (χ1v) is 9.13. The summed E-state index contributed by atoms with van der Waals surface area (Å²) in [6.45, 7) is 3.00. The fraction of sp³-hybridized carbons (Fsp3) is 0.357. The Labute approximate surface area is 140 Å². The molecule has 0 saturated heterocycles. The van der Waals surface area contributed by atoms with Crippen molar-refractivity contribution in [2.45, 2.75) is 20.0 Å². The molecule has 130 valence electrons. The van der Waals surface area contributed by atoms with Crippen LogP contribution >= 0.6 is 7.60 Å². The van der Waals surface area contributed by atoms with Gasteiger partial charge in [-0.25, -0.2) is 0 Å². The Hall–Kier alpha value is -2.06. The lowest BCUT2D eigenvalue weighted by Gasteiger charge is -2.10. The van der Waals surface area contributed by atoms with E-state index in [0.29, 0.717) is 18.3 Å². The number of hydrogen-bond donors (Lipinski definition) is 5. The highest BCUT2D eigenvalue weighted by molar-refractivity contribution is 7.51. The van der Waals surface area contributed by atoms with Gasteiger partial charge in [-0.3, -0.25) is 4.57 Å². The molecule has 1 heterocycles. The summed E-state index contributed by atoms with van der Waals surface area (Å²) in [5, 5.41) is 8.71. The van der Waals surface area contributed by atoms with Gasteiger partial charge in [0.15, 0.2) is 0 Å². The van der Waals surface area contributed by atoms with Crippen molar-refractivity contribution in [2.75, 3.05) is 24.0 Å². The van der Waals surface area contributed by atoms with Crippen molar-refractivity contribution in [3.8, 4) is 0 Å². The average molecular weight is 352 g/mol. The van der Waals surface area contributed by atoms with Crippen LogP contribution in [0.2, 0.25) is 0 Å². The normalized spacial score (nSPS) is 11.3. The molecule has 10 heteroatoms. The third-order valence-corrected chi connectivity index (χ3v) is 3.58. The van der Waals surface area contributed by atoms with Crippen LogP contribution in [0.15, 0.2) is 24.3 Å². The van der Waals surface area contributed by atoms with Crippen LogP contribution in [-0.4, -0.2) is 38.1 Å². The van der Waals surface area contributed by atoms with Crippen molar-refractivity contribution in [3.63, 3.8) is 0 Å². The first-order chi connectivity index (χ1) is 11.4. The van der Waals surface area contributed by atoms with Crippen LogP contribution < -0.4 is 16.0 Å². The van der Waals surface area contributed by atoms with Crippen molar-refractivity contribution in [1.29, 1.82) is 0 Å². The molecule has 0 amide bonds. The lowest BCUT2D eigenvalue weighted by Crippen LogP contribution is -2.11. The zero-order valence-electron chi connectivity index (χ0n) is 13.5. The molecule has 9 nitrogen and oxygen atoms in total. The summed E-state index contributed by atoms with van der Waals surface area (Å²) in [5.41, 5.74) is 2.25. The molecule has 1 aromatic carbocycles. The van der Waals surface area contributed by atoms with Crippen LogP contribution in [0.3, 0.4) is 0 Å². The van der Waals surface area contributed by atoms with E-state index in [0.717, 1.165) is 12.1 Å². The van der Waals surface area contributed by atoms with Crippen LogP contribution in [0.25, 0.3) is 0 Å². The van der Waals surface area contributed by atoms with E-state index in [1.165, 1.54) is 5.56 Å². The number of aromatic nitrogens is 3. The Bertz CT molecular complexity index is 736. The lowest BCUT2D eigenvalue weighted by atomic mass is 10.1. The predicted octanol–water partition coefficient (Wildman–Crippen LogP) is 1.06. The van der Waals surface area contributed by atoms with Crippen molar-refractivity contribution in [1.82, 2.24) is 20.3 Å². The number of aryl methyl sites for hydroxylation is 1. The Morgan fingerprint density at radius 3 is 2.29 bits per heavy atom. The summed E-state index contributed by atoms with van der Waals surface area (Å²) in [7, 11) is -2.28. The highest BCUT2D eigenvalue weighted by Gasteiger charge is 2.13. The van der Waals surface area contributed by atoms with Gasteiger partial charge >= 0.3 is 7.60 Å². The number of nitrogens with one attached hydrogen (secondary N) is 3. The van der Waals surface area contributed by atoms with E-state index < -0.39 is 13.9 Å². The summed E-state index contributed by atoms with van der Waals surface area (Å²) in [6, 6.07) is 8.09. The molecular weight excluding hydrogens is 331 g/mol. The second-order valence-corrected chi connectivity index (χ2v) is 6.88. The van der Waals surface area contributed by atoms with E-state index in [9.17, 15) is 4.57 Å². The lowest BCUT2D eigenvalue weighted by molar-refractivity contribution is 0.375. The molecule has 0 fully saturated rings. The summed E-state index contributed by atoms with van der Waals surface area (Å²) >= 11 is 0. The zero-order valence-corrected chi connectivity index (χ0v) is 14.4. The Morgan fingerprint density at radius 2 is 1.67 bits per heavy atom. The van der Waals surface area contributed by atoms with Crippen LogP contribution in [0, 0.1) is 6.92 Å². The van der Waals surface area contributed by atoms with Crippen molar-refractivity contribution in [2.24, 2.45) is 0 Å². The van der Waals surface area contributed by atoms with Crippen LogP contribution in [0.1, 0.15) is 17.0 Å². The molecule has 0 aliphatic carbocycles. The van der Waals surface area contributed by atoms with E-state index in [2.05, 4.69) is 37.0 Å². The molecule has 0 saturated carbocycles. The maximum Gasteiger partial charge on any atom is 0.344 e. The molecule has 0 atom stereocenters. The van der Waals surface area contributed by atoms with Gasteiger partial charge in [-0.2, -0.15) is 15.0 Å². The summed E-state index contributed by atoms with van der Waals surface area (Å²) in [5.74, 6) is 0.914. The highest BCUT2D eigenvalue weighted by Crippen LogP contribution is 2.33. The zero-order chi connectivity index (χ0) is 17.6. The topological polar surface area (TPSA) is 132 Å². The summed E-state index contributed by atoms with van der Waals surface area (Å²) in [4.78, 5) is 30.1. The van der Waals surface area contributed by atoms with Gasteiger partial charge in [0.25, 0.3) is 0 Å². The molecule has 0 unspecified atom stereocenters. The maximum atomic E-state index is 10.9. The predicted molar refractivity (Wildman–Crippen MR) is 91.6 cm³/mol. The van der Waals surface area contributed by atoms with E-state index in [4.69, 9.17) is 9.79 Å². The number of anilines is 2. The highest BCUT2D eigenvalue weighted by atomic mass is 31.2. The van der Waals surface area contributed by atoms with Gasteiger partial charge in [0.1, 0.15) is 12.1 Å². The maximum absolute atomic E-state index is 10.9. The molecule has 1 aromatic heterocycles. The number of nitrogens with zero attached hydrogens (tertiary/aromatic N) is 3. The average Bonchev–Trinajstić information content (AvgIpc) is 2.51. The SMILES string of the molecule is CNCc1cccc(CNc2nc(C)nc(NCP(=O)(O)O)n2)c1. The minimum Gasteiger partial charge on any atom is -0.350 e. The van der Waals surface area contributed by atoms with Gasteiger partial charge in [-0.1, -0.05) is 24.3 Å². The van der Waals surface area contributed by atoms with Gasteiger partial charge in [-0.05, 0) is 25.1 Å². The minimum atomic E-state index is -4.17. The molecule has 0 bridgehead atoms. The number of benzene rings is 1. The fourth-order valence-electron chi connectivity index (χ4n) is 2.05. The summed E-state index contributed by atoms with van der Waals surface area (Å²) in [6.07, 6.45) is -0.526. The second-order valence-electron chi connectivity index (χ2n) is 5.23. The quantitative estimate of drug-likeness (QED) is 0.442. The molecule has 0 aliphatic rings. The van der Waals surface area contributed by atoms with E-state index in [1.54, 1.807) is 6.92 Å². The molecular formula is C14H21N6O3P. The van der Waals surface area contributed by atoms with Gasteiger partial charge in [0.2, 0.25) is 11.9 Å². The minimum absolute atomic E-state index is 0.122. The smallest absolute Gasteiger partial charge is 0.344 e. The second kappa shape index (κ2) is 8.16.